The topological polar surface area (TPSA) is 46.3 Å². The molecule has 0 saturated heterocycles. The molecule has 0 aromatic rings. The van der Waals surface area contributed by atoms with Gasteiger partial charge in [0.25, 0.3) is 0 Å². The van der Waals surface area contributed by atoms with Gasteiger partial charge in [0.15, 0.2) is 0 Å². The van der Waals surface area contributed by atoms with E-state index in [0.29, 0.717) is 6.42 Å². The second-order valence-corrected chi connectivity index (χ2v) is 4.43. The average molecular weight is 230 g/mol. The smallest absolute Gasteiger partial charge is 0.217 e. The quantitative estimate of drug-likeness (QED) is 0.652. The third-order valence-electron chi connectivity index (χ3n) is 2.20. The minimum atomic E-state index is -0.170. The minimum absolute atomic E-state index is 0.170. The summed E-state index contributed by atoms with van der Waals surface area (Å²) in [6.45, 7) is 5.56. The Kier molecular flexibility index (Phi) is 16.1. The lowest BCUT2D eigenvalue weighted by molar-refractivity contribution is -0.118. The summed E-state index contributed by atoms with van der Waals surface area (Å²) in [5.41, 5.74) is 4.97. The number of carbonyl (C=O) groups excluding carboxylic acids is 1. The fourth-order valence-electron chi connectivity index (χ4n) is 1.35. The van der Waals surface area contributed by atoms with Crippen LogP contribution in [0, 0.1) is 0 Å². The van der Waals surface area contributed by atoms with E-state index in [4.69, 9.17) is 5.73 Å². The Balaban J connectivity index is 0. The van der Waals surface area contributed by atoms with Gasteiger partial charge in [-0.25, -0.2) is 0 Å². The first-order valence-corrected chi connectivity index (χ1v) is 6.47. The van der Waals surface area contributed by atoms with E-state index in [-0.39, 0.29) is 5.91 Å². The summed E-state index contributed by atoms with van der Waals surface area (Å²) < 4.78 is 0. The van der Waals surface area contributed by atoms with Gasteiger partial charge in [0, 0.05) is 6.42 Å². The van der Waals surface area contributed by atoms with E-state index in [1.807, 2.05) is 0 Å². The van der Waals surface area contributed by atoms with Crippen molar-refractivity contribution in [2.75, 3.05) is 20.6 Å². The Bertz CT molecular complexity index is 147. The fraction of sp³-hybridized carbons (Fsp3) is 0.923. The lowest BCUT2D eigenvalue weighted by Gasteiger charge is -2.03. The van der Waals surface area contributed by atoms with Gasteiger partial charge < -0.3 is 10.6 Å². The molecular formula is C13H30N2O. The van der Waals surface area contributed by atoms with Crippen LogP contribution in [0.25, 0.3) is 0 Å². The molecule has 0 aliphatic heterocycles. The molecule has 0 aromatic heterocycles. The van der Waals surface area contributed by atoms with Gasteiger partial charge in [-0.3, -0.25) is 4.79 Å². The second-order valence-electron chi connectivity index (χ2n) is 4.43. The molecule has 0 fully saturated rings. The molecule has 0 rings (SSSR count). The van der Waals surface area contributed by atoms with Crippen LogP contribution < -0.4 is 5.73 Å². The van der Waals surface area contributed by atoms with Crippen molar-refractivity contribution in [3.63, 3.8) is 0 Å². The highest BCUT2D eigenvalue weighted by atomic mass is 16.1. The van der Waals surface area contributed by atoms with Gasteiger partial charge in [0.1, 0.15) is 0 Å². The first kappa shape index (κ1) is 17.8. The Morgan fingerprint density at radius 3 is 1.88 bits per heavy atom. The summed E-state index contributed by atoms with van der Waals surface area (Å²) in [6.07, 6.45) is 7.70. The molecule has 0 saturated carbocycles. The molecule has 0 aromatic carbocycles. The van der Waals surface area contributed by atoms with Crippen LogP contribution in [-0.2, 0) is 4.79 Å². The molecule has 0 spiro atoms. The lowest BCUT2D eigenvalue weighted by Crippen LogP contribution is -2.11. The number of nitrogens with two attached hydrogens (primary N) is 1. The van der Waals surface area contributed by atoms with Gasteiger partial charge >= 0.3 is 0 Å². The Labute approximate surface area is 101 Å². The van der Waals surface area contributed by atoms with E-state index in [9.17, 15) is 4.79 Å². The molecule has 16 heavy (non-hydrogen) atoms. The number of hydrogen-bond acceptors (Lipinski definition) is 2. The largest absolute Gasteiger partial charge is 0.370 e. The van der Waals surface area contributed by atoms with Gasteiger partial charge in [-0.2, -0.15) is 0 Å². The summed E-state index contributed by atoms with van der Waals surface area (Å²) in [4.78, 5) is 12.4. The highest BCUT2D eigenvalue weighted by molar-refractivity contribution is 5.73. The van der Waals surface area contributed by atoms with E-state index < -0.39 is 0 Å². The minimum Gasteiger partial charge on any atom is -0.370 e. The van der Waals surface area contributed by atoms with Gasteiger partial charge in [0.2, 0.25) is 5.91 Å². The molecule has 3 heteroatoms. The van der Waals surface area contributed by atoms with Crippen molar-refractivity contribution in [3.05, 3.63) is 0 Å². The Morgan fingerprint density at radius 2 is 1.56 bits per heavy atom. The molecule has 0 aliphatic carbocycles. The molecule has 1 amide bonds. The van der Waals surface area contributed by atoms with E-state index in [0.717, 1.165) is 12.8 Å². The predicted octanol–water partition coefficient (Wildman–Crippen LogP) is 2.79. The molecule has 3 nitrogen and oxygen atoms in total. The molecule has 0 atom stereocenters. The lowest BCUT2D eigenvalue weighted by atomic mass is 10.1. The first-order chi connectivity index (χ1) is 7.54. The van der Waals surface area contributed by atoms with E-state index in [1.54, 1.807) is 0 Å². The molecule has 0 heterocycles. The first-order valence-electron chi connectivity index (χ1n) is 6.47. The van der Waals surface area contributed by atoms with Gasteiger partial charge in [0.05, 0.1) is 0 Å². The maximum Gasteiger partial charge on any atom is 0.217 e. The third kappa shape index (κ3) is 23.3. The molecule has 2 N–H and O–H groups in total. The van der Waals surface area contributed by atoms with Crippen LogP contribution in [0.15, 0.2) is 0 Å². The number of hydrogen-bond donors (Lipinski definition) is 1. The zero-order valence-corrected chi connectivity index (χ0v) is 11.6. The van der Waals surface area contributed by atoms with Crippen molar-refractivity contribution in [3.8, 4) is 0 Å². The standard InChI is InChI=1S/C8H17NO.C5H13N/c1-2-3-4-5-6-7-8(9)10;1-4-5-6(2)3/h2-7H2,1H3,(H2,9,10);4-5H2,1-3H3. The van der Waals surface area contributed by atoms with E-state index in [2.05, 4.69) is 32.8 Å². The van der Waals surface area contributed by atoms with Crippen molar-refractivity contribution >= 4 is 5.91 Å². The summed E-state index contributed by atoms with van der Waals surface area (Å²) >= 11 is 0. The van der Waals surface area contributed by atoms with Crippen LogP contribution in [-0.4, -0.2) is 31.4 Å². The highest BCUT2D eigenvalue weighted by Gasteiger charge is 1.92. The molecule has 98 valence electrons. The maximum absolute atomic E-state index is 10.3. The Hall–Kier alpha value is -0.570. The van der Waals surface area contributed by atoms with Gasteiger partial charge in [-0.1, -0.05) is 39.5 Å². The Morgan fingerprint density at radius 1 is 1.00 bits per heavy atom. The van der Waals surface area contributed by atoms with E-state index in [1.165, 1.54) is 32.2 Å². The van der Waals surface area contributed by atoms with Crippen LogP contribution in [0.2, 0.25) is 0 Å². The molecule has 0 aliphatic rings. The third-order valence-corrected chi connectivity index (χ3v) is 2.20. The summed E-state index contributed by atoms with van der Waals surface area (Å²) in [6, 6.07) is 0. The average Bonchev–Trinajstić information content (AvgIpc) is 2.17. The predicted molar refractivity (Wildman–Crippen MR) is 71.4 cm³/mol. The zero-order chi connectivity index (χ0) is 12.8. The fourth-order valence-corrected chi connectivity index (χ4v) is 1.35. The summed E-state index contributed by atoms with van der Waals surface area (Å²) in [5, 5.41) is 0. The van der Waals surface area contributed by atoms with Crippen molar-refractivity contribution in [2.45, 2.75) is 58.8 Å². The number of nitrogens with zero attached hydrogens (tertiary/aromatic N) is 1. The molecule has 0 bridgehead atoms. The van der Waals surface area contributed by atoms with Crippen molar-refractivity contribution in [1.82, 2.24) is 4.90 Å². The van der Waals surface area contributed by atoms with Crippen molar-refractivity contribution in [1.29, 1.82) is 0 Å². The number of carbonyl (C=O) groups is 1. The molecular weight excluding hydrogens is 200 g/mol. The van der Waals surface area contributed by atoms with Crippen LogP contribution in [0.5, 0.6) is 0 Å². The van der Waals surface area contributed by atoms with Crippen LogP contribution >= 0.6 is 0 Å². The number of amides is 1. The van der Waals surface area contributed by atoms with Crippen molar-refractivity contribution < 1.29 is 4.79 Å². The SMILES string of the molecule is CCCCCCCC(N)=O.CCCN(C)C. The van der Waals surface area contributed by atoms with Crippen LogP contribution in [0.4, 0.5) is 0 Å². The normalized spacial score (nSPS) is 9.81. The zero-order valence-electron chi connectivity index (χ0n) is 11.6. The van der Waals surface area contributed by atoms with Gasteiger partial charge in [-0.15, -0.1) is 0 Å². The maximum atomic E-state index is 10.3. The van der Waals surface area contributed by atoms with Gasteiger partial charge in [-0.05, 0) is 33.5 Å². The number of primary amides is 1. The number of rotatable bonds is 8. The summed E-state index contributed by atoms with van der Waals surface area (Å²) in [7, 11) is 4.17. The van der Waals surface area contributed by atoms with E-state index >= 15 is 0 Å². The van der Waals surface area contributed by atoms with Crippen molar-refractivity contribution in [2.24, 2.45) is 5.73 Å². The molecule has 0 radical (unpaired) electrons. The highest BCUT2D eigenvalue weighted by Crippen LogP contribution is 2.03. The number of unbranched alkanes of at least 4 members (excludes halogenated alkanes) is 4. The van der Waals surface area contributed by atoms with Crippen LogP contribution in [0.3, 0.4) is 0 Å². The molecule has 0 unspecified atom stereocenters. The monoisotopic (exact) mass is 230 g/mol. The van der Waals surface area contributed by atoms with Crippen LogP contribution in [0.1, 0.15) is 58.8 Å². The summed E-state index contributed by atoms with van der Waals surface area (Å²) in [5.74, 6) is -0.170. The second kappa shape index (κ2) is 14.4.